The van der Waals surface area contributed by atoms with Gasteiger partial charge in [-0.25, -0.2) is 8.42 Å². The third-order valence-corrected chi connectivity index (χ3v) is 4.53. The van der Waals surface area contributed by atoms with E-state index in [1.54, 1.807) is 30.3 Å². The van der Waals surface area contributed by atoms with Gasteiger partial charge in [-0.1, -0.05) is 47.0 Å². The maximum atomic E-state index is 12.2. The molecule has 0 aliphatic carbocycles. The van der Waals surface area contributed by atoms with Crippen molar-refractivity contribution in [1.29, 1.82) is 0 Å². The van der Waals surface area contributed by atoms with Crippen LogP contribution in [-0.4, -0.2) is 8.42 Å². The summed E-state index contributed by atoms with van der Waals surface area (Å²) in [6.07, 6.45) is 0. The Hall–Kier alpha value is -1.23. The molecule has 0 saturated carbocycles. The van der Waals surface area contributed by atoms with E-state index in [2.05, 4.69) is 4.72 Å². The predicted molar refractivity (Wildman–Crippen MR) is 78.4 cm³/mol. The molecular weight excluding hydrogens is 305 g/mol. The molecule has 0 atom stereocenters. The molecule has 2 aromatic rings. The van der Waals surface area contributed by atoms with E-state index in [0.29, 0.717) is 0 Å². The number of para-hydroxylation sites is 1. The first-order valence-corrected chi connectivity index (χ1v) is 7.67. The van der Waals surface area contributed by atoms with Crippen molar-refractivity contribution < 1.29 is 8.42 Å². The highest BCUT2D eigenvalue weighted by Gasteiger charge is 2.17. The Kier molecular flexibility index (Phi) is 4.04. The fourth-order valence-electron chi connectivity index (χ4n) is 1.51. The molecule has 0 amide bonds. The molecule has 0 spiro atoms. The first-order valence-electron chi connectivity index (χ1n) is 5.43. The van der Waals surface area contributed by atoms with Crippen LogP contribution in [0.4, 0.5) is 5.69 Å². The Morgan fingerprint density at radius 3 is 2.00 bits per heavy atom. The van der Waals surface area contributed by atoms with Crippen molar-refractivity contribution in [2.45, 2.75) is 11.8 Å². The van der Waals surface area contributed by atoms with Crippen LogP contribution in [0.1, 0.15) is 5.56 Å². The van der Waals surface area contributed by atoms with Gasteiger partial charge in [-0.3, -0.25) is 4.72 Å². The molecule has 100 valence electrons. The molecule has 2 rings (SSSR count). The number of aryl methyl sites for hydroxylation is 1. The van der Waals surface area contributed by atoms with Crippen LogP contribution in [-0.2, 0) is 10.0 Å². The number of anilines is 1. The first-order chi connectivity index (χ1) is 8.90. The first kappa shape index (κ1) is 14.2. The van der Waals surface area contributed by atoms with E-state index in [4.69, 9.17) is 23.2 Å². The number of benzene rings is 2. The van der Waals surface area contributed by atoms with Gasteiger partial charge < -0.3 is 0 Å². The van der Waals surface area contributed by atoms with E-state index < -0.39 is 10.0 Å². The van der Waals surface area contributed by atoms with E-state index in [1.165, 1.54) is 12.1 Å². The van der Waals surface area contributed by atoms with Crippen molar-refractivity contribution in [1.82, 2.24) is 0 Å². The molecule has 19 heavy (non-hydrogen) atoms. The van der Waals surface area contributed by atoms with Crippen molar-refractivity contribution in [2.24, 2.45) is 0 Å². The van der Waals surface area contributed by atoms with Gasteiger partial charge in [0.25, 0.3) is 10.0 Å². The number of halogens is 2. The minimum absolute atomic E-state index is 0.161. The van der Waals surface area contributed by atoms with Crippen molar-refractivity contribution in [2.75, 3.05) is 4.72 Å². The highest BCUT2D eigenvalue weighted by molar-refractivity contribution is 7.92. The van der Waals surface area contributed by atoms with E-state index >= 15 is 0 Å². The van der Waals surface area contributed by atoms with Crippen LogP contribution in [0, 0.1) is 6.92 Å². The third kappa shape index (κ3) is 3.21. The summed E-state index contributed by atoms with van der Waals surface area (Å²) < 4.78 is 26.8. The Morgan fingerprint density at radius 2 is 1.47 bits per heavy atom. The van der Waals surface area contributed by atoms with Gasteiger partial charge in [0, 0.05) is 0 Å². The number of hydrogen-bond donors (Lipinski definition) is 1. The topological polar surface area (TPSA) is 46.2 Å². The highest BCUT2D eigenvalue weighted by Crippen LogP contribution is 2.31. The SMILES string of the molecule is Cc1ccc(S(=O)(=O)Nc2c(Cl)cccc2Cl)cc1. The number of nitrogens with one attached hydrogen (secondary N) is 1. The minimum Gasteiger partial charge on any atom is -0.277 e. The summed E-state index contributed by atoms with van der Waals surface area (Å²) in [5.41, 5.74) is 1.17. The number of hydrogen-bond acceptors (Lipinski definition) is 2. The molecule has 0 fully saturated rings. The molecule has 0 heterocycles. The molecule has 2 aromatic carbocycles. The second-order valence-corrected chi connectivity index (χ2v) is 6.51. The summed E-state index contributed by atoms with van der Waals surface area (Å²) in [4.78, 5) is 0.161. The molecule has 1 N–H and O–H groups in total. The summed E-state index contributed by atoms with van der Waals surface area (Å²) in [5, 5.41) is 0.506. The molecule has 0 radical (unpaired) electrons. The van der Waals surface area contributed by atoms with Crippen LogP contribution in [0.5, 0.6) is 0 Å². The second-order valence-electron chi connectivity index (χ2n) is 4.02. The third-order valence-electron chi connectivity index (χ3n) is 2.53. The van der Waals surface area contributed by atoms with Gasteiger partial charge >= 0.3 is 0 Å². The standard InChI is InChI=1S/C13H11Cl2NO2S/c1-9-5-7-10(8-6-9)19(17,18)16-13-11(14)3-2-4-12(13)15/h2-8,16H,1H3. The van der Waals surface area contributed by atoms with Crippen molar-refractivity contribution in [3.05, 3.63) is 58.1 Å². The molecule has 3 nitrogen and oxygen atoms in total. The largest absolute Gasteiger partial charge is 0.277 e. The van der Waals surface area contributed by atoms with Gasteiger partial charge in [-0.15, -0.1) is 0 Å². The summed E-state index contributed by atoms with van der Waals surface area (Å²) in [6.45, 7) is 1.88. The Balaban J connectivity index is 2.39. The summed E-state index contributed by atoms with van der Waals surface area (Å²) in [7, 11) is -3.69. The lowest BCUT2D eigenvalue weighted by molar-refractivity contribution is 0.601. The predicted octanol–water partition coefficient (Wildman–Crippen LogP) is 4.10. The van der Waals surface area contributed by atoms with Crippen molar-refractivity contribution >= 4 is 38.9 Å². The number of rotatable bonds is 3. The van der Waals surface area contributed by atoms with Crippen LogP contribution >= 0.6 is 23.2 Å². The minimum atomic E-state index is -3.69. The summed E-state index contributed by atoms with van der Waals surface area (Å²) in [6, 6.07) is 11.3. The van der Waals surface area contributed by atoms with Crippen LogP contribution in [0.15, 0.2) is 47.4 Å². The Labute approximate surface area is 122 Å². The van der Waals surface area contributed by atoms with E-state index in [-0.39, 0.29) is 20.6 Å². The molecular formula is C13H11Cl2NO2S. The average molecular weight is 316 g/mol. The zero-order valence-electron chi connectivity index (χ0n) is 10.0. The van der Waals surface area contributed by atoms with Crippen molar-refractivity contribution in [3.63, 3.8) is 0 Å². The molecule has 6 heteroatoms. The lowest BCUT2D eigenvalue weighted by Gasteiger charge is -2.11. The van der Waals surface area contributed by atoms with Gasteiger partial charge in [-0.2, -0.15) is 0 Å². The average Bonchev–Trinajstić information content (AvgIpc) is 2.35. The van der Waals surface area contributed by atoms with E-state index in [9.17, 15) is 8.42 Å². The fourth-order valence-corrected chi connectivity index (χ4v) is 3.21. The fraction of sp³-hybridized carbons (Fsp3) is 0.0769. The van der Waals surface area contributed by atoms with E-state index in [1.807, 2.05) is 6.92 Å². The highest BCUT2D eigenvalue weighted by atomic mass is 35.5. The molecule has 0 aromatic heterocycles. The van der Waals surface area contributed by atoms with Gasteiger partial charge in [-0.05, 0) is 31.2 Å². The smallest absolute Gasteiger partial charge is 0.261 e. The van der Waals surface area contributed by atoms with Gasteiger partial charge in [0.05, 0.1) is 20.6 Å². The molecule has 0 aliphatic rings. The van der Waals surface area contributed by atoms with Crippen LogP contribution < -0.4 is 4.72 Å². The zero-order valence-corrected chi connectivity index (χ0v) is 12.4. The van der Waals surface area contributed by atoms with Crippen LogP contribution in [0.3, 0.4) is 0 Å². The maximum Gasteiger partial charge on any atom is 0.261 e. The zero-order chi connectivity index (χ0) is 14.0. The summed E-state index contributed by atoms with van der Waals surface area (Å²) in [5.74, 6) is 0. The van der Waals surface area contributed by atoms with Crippen LogP contribution in [0.25, 0.3) is 0 Å². The lowest BCUT2D eigenvalue weighted by Crippen LogP contribution is -2.13. The normalized spacial score (nSPS) is 11.3. The van der Waals surface area contributed by atoms with Gasteiger partial charge in [0.15, 0.2) is 0 Å². The number of sulfonamides is 1. The maximum absolute atomic E-state index is 12.2. The molecule has 0 unspecified atom stereocenters. The Morgan fingerprint density at radius 1 is 0.947 bits per heavy atom. The van der Waals surface area contributed by atoms with E-state index in [0.717, 1.165) is 5.56 Å². The van der Waals surface area contributed by atoms with Gasteiger partial charge in [0.2, 0.25) is 0 Å². The molecule has 0 aliphatic heterocycles. The quantitative estimate of drug-likeness (QED) is 0.926. The molecule has 0 bridgehead atoms. The lowest BCUT2D eigenvalue weighted by atomic mass is 10.2. The van der Waals surface area contributed by atoms with Gasteiger partial charge in [0.1, 0.15) is 0 Å². The monoisotopic (exact) mass is 315 g/mol. The second kappa shape index (κ2) is 5.41. The summed E-state index contributed by atoms with van der Waals surface area (Å²) >= 11 is 11.9. The molecule has 0 saturated heterocycles. The van der Waals surface area contributed by atoms with Crippen molar-refractivity contribution in [3.8, 4) is 0 Å². The van der Waals surface area contributed by atoms with Crippen LogP contribution in [0.2, 0.25) is 10.0 Å². The Bertz CT molecular complexity index is 677.